The number of hydrogen-bond donors (Lipinski definition) is 1. The Labute approximate surface area is 110 Å². The number of rotatable bonds is 7. The van der Waals surface area contributed by atoms with Crippen molar-refractivity contribution in [2.24, 2.45) is 5.73 Å². The molecule has 2 N–H and O–H groups in total. The van der Waals surface area contributed by atoms with E-state index < -0.39 is 0 Å². The Morgan fingerprint density at radius 3 is 2.65 bits per heavy atom. The van der Waals surface area contributed by atoms with Crippen LogP contribution in [0.25, 0.3) is 0 Å². The van der Waals surface area contributed by atoms with E-state index in [4.69, 9.17) is 10.5 Å². The number of benzene rings is 1. The first-order valence-electron chi connectivity index (χ1n) is 5.87. The molecule has 0 aromatic heterocycles. The lowest BCUT2D eigenvalue weighted by Gasteiger charge is -2.23. The maximum atomic E-state index is 5.40. The van der Waals surface area contributed by atoms with E-state index >= 15 is 0 Å². The molecule has 0 saturated carbocycles. The maximum Gasteiger partial charge on any atom is 0.0642 e. The largest absolute Gasteiger partial charge is 0.378 e. The molecule has 0 bridgehead atoms. The lowest BCUT2D eigenvalue weighted by Crippen LogP contribution is -2.27. The molecule has 0 unspecified atom stereocenters. The molecule has 1 aromatic carbocycles. The second-order valence-electron chi connectivity index (χ2n) is 3.82. The van der Waals surface area contributed by atoms with Crippen LogP contribution in [0.15, 0.2) is 24.3 Å². The van der Waals surface area contributed by atoms with Crippen LogP contribution in [0, 0.1) is 6.92 Å². The van der Waals surface area contributed by atoms with Gasteiger partial charge in [-0.25, -0.2) is 0 Å². The zero-order chi connectivity index (χ0) is 11.8. The number of nitrogens with zero attached hydrogens (tertiary/aromatic N) is 1. The summed E-state index contributed by atoms with van der Waals surface area (Å²) in [4.78, 5) is 2.31. The van der Waals surface area contributed by atoms with Crippen molar-refractivity contribution in [3.8, 4) is 0 Å². The molecular formula is C13H23ClN2O. The van der Waals surface area contributed by atoms with E-state index in [1.807, 2.05) is 0 Å². The Bertz CT molecular complexity index is 307. The van der Waals surface area contributed by atoms with Crippen molar-refractivity contribution >= 4 is 18.1 Å². The number of aryl methyl sites for hydroxylation is 1. The molecule has 17 heavy (non-hydrogen) atoms. The Morgan fingerprint density at radius 2 is 2.06 bits per heavy atom. The zero-order valence-corrected chi connectivity index (χ0v) is 11.5. The predicted octanol–water partition coefficient (Wildman–Crippen LogP) is 2.22. The highest BCUT2D eigenvalue weighted by molar-refractivity contribution is 5.85. The number of halogens is 1. The molecule has 0 spiro atoms. The lowest BCUT2D eigenvalue weighted by atomic mass is 10.2. The standard InChI is InChI=1S/C13H22N2O.ClH/c1-3-15(8-10-16-9-7-14)13-6-4-5-12(2)11-13;/h4-6,11H,3,7-10,14H2,1-2H3;1H. The summed E-state index contributed by atoms with van der Waals surface area (Å²) < 4.78 is 5.40. The number of ether oxygens (including phenoxy) is 1. The Morgan fingerprint density at radius 1 is 1.29 bits per heavy atom. The molecule has 0 radical (unpaired) electrons. The molecule has 0 saturated heterocycles. The summed E-state index contributed by atoms with van der Waals surface area (Å²) in [7, 11) is 0. The van der Waals surface area contributed by atoms with Crippen LogP contribution in [0.1, 0.15) is 12.5 Å². The highest BCUT2D eigenvalue weighted by atomic mass is 35.5. The van der Waals surface area contributed by atoms with E-state index in [1.165, 1.54) is 11.3 Å². The fourth-order valence-corrected chi connectivity index (χ4v) is 1.65. The van der Waals surface area contributed by atoms with Gasteiger partial charge in [-0.2, -0.15) is 0 Å². The van der Waals surface area contributed by atoms with Crippen LogP contribution >= 0.6 is 12.4 Å². The van der Waals surface area contributed by atoms with Crippen molar-refractivity contribution in [2.45, 2.75) is 13.8 Å². The molecule has 0 atom stereocenters. The normalized spacial score (nSPS) is 9.82. The molecular weight excluding hydrogens is 236 g/mol. The van der Waals surface area contributed by atoms with Crippen LogP contribution in [-0.4, -0.2) is 32.8 Å². The van der Waals surface area contributed by atoms with Gasteiger partial charge >= 0.3 is 0 Å². The molecule has 3 nitrogen and oxygen atoms in total. The Balaban J connectivity index is 0.00000256. The fourth-order valence-electron chi connectivity index (χ4n) is 1.65. The first-order chi connectivity index (χ1) is 7.77. The van der Waals surface area contributed by atoms with Crippen LogP contribution in [0.2, 0.25) is 0 Å². The molecule has 0 aliphatic heterocycles. The molecule has 0 heterocycles. The van der Waals surface area contributed by atoms with Gasteiger partial charge in [-0.05, 0) is 31.5 Å². The first-order valence-corrected chi connectivity index (χ1v) is 5.87. The van der Waals surface area contributed by atoms with E-state index in [1.54, 1.807) is 0 Å². The summed E-state index contributed by atoms with van der Waals surface area (Å²) >= 11 is 0. The second-order valence-corrected chi connectivity index (χ2v) is 3.82. The van der Waals surface area contributed by atoms with Gasteiger partial charge in [0.25, 0.3) is 0 Å². The zero-order valence-electron chi connectivity index (χ0n) is 10.7. The number of anilines is 1. The van der Waals surface area contributed by atoms with Gasteiger partial charge in [0.1, 0.15) is 0 Å². The second kappa shape index (κ2) is 9.28. The number of hydrogen-bond acceptors (Lipinski definition) is 3. The molecule has 1 aromatic rings. The van der Waals surface area contributed by atoms with Crippen molar-refractivity contribution in [1.82, 2.24) is 0 Å². The van der Waals surface area contributed by atoms with Crippen molar-refractivity contribution in [1.29, 1.82) is 0 Å². The molecule has 1 rings (SSSR count). The van der Waals surface area contributed by atoms with Crippen LogP contribution in [0.3, 0.4) is 0 Å². The van der Waals surface area contributed by atoms with Gasteiger partial charge < -0.3 is 15.4 Å². The third kappa shape index (κ3) is 5.91. The third-order valence-corrected chi connectivity index (χ3v) is 2.52. The smallest absolute Gasteiger partial charge is 0.0642 e. The molecule has 0 aliphatic rings. The Hall–Kier alpha value is -0.770. The summed E-state index contributed by atoms with van der Waals surface area (Å²) in [5, 5.41) is 0. The van der Waals surface area contributed by atoms with Gasteiger partial charge in [-0.1, -0.05) is 12.1 Å². The summed E-state index contributed by atoms with van der Waals surface area (Å²) in [6.45, 7) is 8.16. The average molecular weight is 259 g/mol. The lowest BCUT2D eigenvalue weighted by molar-refractivity contribution is 0.148. The van der Waals surface area contributed by atoms with Gasteiger partial charge in [0.05, 0.1) is 13.2 Å². The van der Waals surface area contributed by atoms with Crippen LogP contribution in [-0.2, 0) is 4.74 Å². The van der Waals surface area contributed by atoms with Gasteiger partial charge in [0.2, 0.25) is 0 Å². The minimum absolute atomic E-state index is 0. The molecule has 0 amide bonds. The van der Waals surface area contributed by atoms with E-state index in [9.17, 15) is 0 Å². The minimum Gasteiger partial charge on any atom is -0.378 e. The highest BCUT2D eigenvalue weighted by Crippen LogP contribution is 2.15. The average Bonchev–Trinajstić information content (AvgIpc) is 2.29. The van der Waals surface area contributed by atoms with E-state index in [0.717, 1.165) is 19.7 Å². The quantitative estimate of drug-likeness (QED) is 0.763. The molecule has 4 heteroatoms. The van der Waals surface area contributed by atoms with Gasteiger partial charge in [-0.3, -0.25) is 0 Å². The highest BCUT2D eigenvalue weighted by Gasteiger charge is 2.03. The van der Waals surface area contributed by atoms with Crippen molar-refractivity contribution in [2.75, 3.05) is 37.7 Å². The number of likely N-dealkylation sites (N-methyl/N-ethyl adjacent to an activating group) is 1. The van der Waals surface area contributed by atoms with Crippen LogP contribution in [0.4, 0.5) is 5.69 Å². The molecule has 0 aliphatic carbocycles. The van der Waals surface area contributed by atoms with Crippen molar-refractivity contribution < 1.29 is 4.74 Å². The Kier molecular flexibility index (Phi) is 8.86. The summed E-state index contributed by atoms with van der Waals surface area (Å²) in [6, 6.07) is 8.54. The summed E-state index contributed by atoms with van der Waals surface area (Å²) in [5.74, 6) is 0. The van der Waals surface area contributed by atoms with E-state index in [-0.39, 0.29) is 12.4 Å². The number of nitrogens with two attached hydrogens (primary N) is 1. The maximum absolute atomic E-state index is 5.40. The fraction of sp³-hybridized carbons (Fsp3) is 0.538. The minimum atomic E-state index is 0. The summed E-state index contributed by atoms with van der Waals surface area (Å²) in [5.41, 5.74) is 7.92. The molecule has 98 valence electrons. The topological polar surface area (TPSA) is 38.5 Å². The molecule has 0 fully saturated rings. The van der Waals surface area contributed by atoms with Gasteiger partial charge in [-0.15, -0.1) is 12.4 Å². The predicted molar refractivity (Wildman–Crippen MR) is 76.2 cm³/mol. The third-order valence-electron chi connectivity index (χ3n) is 2.52. The first kappa shape index (κ1) is 16.2. The SMILES string of the molecule is CCN(CCOCCN)c1cccc(C)c1.Cl. The van der Waals surface area contributed by atoms with Gasteiger partial charge in [0.15, 0.2) is 0 Å². The van der Waals surface area contributed by atoms with E-state index in [2.05, 4.69) is 43.0 Å². The van der Waals surface area contributed by atoms with E-state index in [0.29, 0.717) is 13.2 Å². The van der Waals surface area contributed by atoms with Gasteiger partial charge in [0, 0.05) is 25.3 Å². The van der Waals surface area contributed by atoms with Crippen LogP contribution < -0.4 is 10.6 Å². The van der Waals surface area contributed by atoms with Crippen molar-refractivity contribution in [3.05, 3.63) is 29.8 Å². The summed E-state index contributed by atoms with van der Waals surface area (Å²) in [6.07, 6.45) is 0. The van der Waals surface area contributed by atoms with Crippen LogP contribution in [0.5, 0.6) is 0 Å². The monoisotopic (exact) mass is 258 g/mol. The van der Waals surface area contributed by atoms with Crippen molar-refractivity contribution in [3.63, 3.8) is 0 Å².